The molecule has 0 aliphatic rings. The third kappa shape index (κ3) is 6.67. The smallest absolute Gasteiger partial charge is 0.0198 e. The molecule has 1 rings (SSSR count). The van der Waals surface area contributed by atoms with Crippen LogP contribution in [0, 0.1) is 3.57 Å². The van der Waals surface area contributed by atoms with Crippen LogP contribution in [-0.4, -0.2) is 24.1 Å². The van der Waals surface area contributed by atoms with Crippen LogP contribution in [-0.2, 0) is 6.42 Å². The van der Waals surface area contributed by atoms with E-state index in [4.69, 9.17) is 0 Å². The molecule has 0 amide bonds. The summed E-state index contributed by atoms with van der Waals surface area (Å²) in [5.74, 6) is 2.49. The number of hydrogen-bond acceptors (Lipinski definition) is 2. The Morgan fingerprint density at radius 1 is 1.24 bits per heavy atom. The molecule has 0 spiro atoms. The van der Waals surface area contributed by atoms with Crippen molar-refractivity contribution < 1.29 is 0 Å². The van der Waals surface area contributed by atoms with Crippen molar-refractivity contribution in [1.29, 1.82) is 0 Å². The van der Waals surface area contributed by atoms with Crippen molar-refractivity contribution in [3.63, 3.8) is 0 Å². The van der Waals surface area contributed by atoms with Crippen molar-refractivity contribution in [2.75, 3.05) is 18.1 Å². The van der Waals surface area contributed by atoms with E-state index in [-0.39, 0.29) is 0 Å². The first kappa shape index (κ1) is 15.3. The summed E-state index contributed by atoms with van der Waals surface area (Å²) in [6, 6.07) is 9.49. The molecule has 0 radical (unpaired) electrons. The number of halogens is 1. The second-order valence-corrected chi connectivity index (χ2v) is 6.56. The summed E-state index contributed by atoms with van der Waals surface area (Å²) < 4.78 is 1.31. The minimum atomic E-state index is 0.608. The van der Waals surface area contributed by atoms with E-state index in [0.29, 0.717) is 6.04 Å². The van der Waals surface area contributed by atoms with Crippen LogP contribution >= 0.6 is 34.4 Å². The topological polar surface area (TPSA) is 12.0 Å². The minimum Gasteiger partial charge on any atom is -0.313 e. The number of hydrogen-bond donors (Lipinski definition) is 1. The molecule has 1 atom stereocenters. The average molecular weight is 363 g/mol. The molecule has 1 aromatic carbocycles. The largest absolute Gasteiger partial charge is 0.313 e. The maximum Gasteiger partial charge on any atom is 0.0198 e. The van der Waals surface area contributed by atoms with Crippen LogP contribution in [0.2, 0.25) is 0 Å². The Hall–Kier alpha value is 0.260. The van der Waals surface area contributed by atoms with Crippen LogP contribution in [0.15, 0.2) is 24.3 Å². The van der Waals surface area contributed by atoms with Crippen LogP contribution in [0.5, 0.6) is 0 Å². The molecule has 0 aliphatic heterocycles. The minimum absolute atomic E-state index is 0.608. The molecule has 0 aromatic heterocycles. The molecule has 0 bridgehead atoms. The van der Waals surface area contributed by atoms with Gasteiger partial charge < -0.3 is 5.32 Å². The fourth-order valence-electron chi connectivity index (χ4n) is 1.75. The van der Waals surface area contributed by atoms with Gasteiger partial charge in [0, 0.05) is 15.4 Å². The zero-order chi connectivity index (χ0) is 12.5. The summed E-state index contributed by atoms with van der Waals surface area (Å²) >= 11 is 4.41. The summed E-state index contributed by atoms with van der Waals surface area (Å²) in [7, 11) is 0. The molecule has 0 aliphatic carbocycles. The van der Waals surface area contributed by atoms with Gasteiger partial charge in [-0.2, -0.15) is 11.8 Å². The second-order valence-electron chi connectivity index (χ2n) is 4.16. The monoisotopic (exact) mass is 363 g/mol. The predicted octanol–water partition coefficient (Wildman–Crippen LogP) is 3.96. The first-order chi connectivity index (χ1) is 8.26. The molecule has 17 heavy (non-hydrogen) atoms. The summed E-state index contributed by atoms with van der Waals surface area (Å²) in [6.45, 7) is 5.49. The Balaban J connectivity index is 2.44. The van der Waals surface area contributed by atoms with Gasteiger partial charge in [0.25, 0.3) is 0 Å². The van der Waals surface area contributed by atoms with Gasteiger partial charge >= 0.3 is 0 Å². The van der Waals surface area contributed by atoms with E-state index in [9.17, 15) is 0 Å². The molecule has 1 aromatic rings. The highest BCUT2D eigenvalue weighted by Gasteiger charge is 2.08. The second kappa shape index (κ2) is 9.22. The zero-order valence-electron chi connectivity index (χ0n) is 10.7. The SMILES string of the molecule is CCCSCC(Cc1ccc(I)cc1)NCC. The molecule has 0 heterocycles. The van der Waals surface area contributed by atoms with Crippen molar-refractivity contribution in [2.24, 2.45) is 0 Å². The summed E-state index contributed by atoms with van der Waals surface area (Å²) in [5.41, 5.74) is 1.44. The molecule has 1 unspecified atom stereocenters. The van der Waals surface area contributed by atoms with Gasteiger partial charge in [0.15, 0.2) is 0 Å². The highest BCUT2D eigenvalue weighted by Crippen LogP contribution is 2.12. The Bertz CT molecular complexity index is 300. The Morgan fingerprint density at radius 3 is 2.53 bits per heavy atom. The Kier molecular flexibility index (Phi) is 8.31. The van der Waals surface area contributed by atoms with Crippen molar-refractivity contribution in [2.45, 2.75) is 32.7 Å². The molecule has 0 saturated heterocycles. The Labute approximate surface area is 123 Å². The molecular formula is C14H22INS. The lowest BCUT2D eigenvalue weighted by Gasteiger charge is -2.17. The predicted molar refractivity (Wildman–Crippen MR) is 87.9 cm³/mol. The van der Waals surface area contributed by atoms with E-state index in [1.807, 2.05) is 0 Å². The lowest BCUT2D eigenvalue weighted by molar-refractivity contribution is 0.572. The van der Waals surface area contributed by atoms with Crippen LogP contribution in [0.1, 0.15) is 25.8 Å². The van der Waals surface area contributed by atoms with Gasteiger partial charge in [-0.25, -0.2) is 0 Å². The maximum absolute atomic E-state index is 3.58. The van der Waals surface area contributed by atoms with Gasteiger partial charge in [-0.3, -0.25) is 0 Å². The van der Waals surface area contributed by atoms with Gasteiger partial charge in [-0.05, 0) is 65.4 Å². The average Bonchev–Trinajstić information content (AvgIpc) is 2.32. The third-order valence-electron chi connectivity index (χ3n) is 2.56. The van der Waals surface area contributed by atoms with E-state index in [1.165, 1.54) is 27.1 Å². The number of benzene rings is 1. The fourth-order valence-corrected chi connectivity index (χ4v) is 3.09. The fraction of sp³-hybridized carbons (Fsp3) is 0.571. The first-order valence-electron chi connectivity index (χ1n) is 6.31. The zero-order valence-corrected chi connectivity index (χ0v) is 13.7. The lowest BCUT2D eigenvalue weighted by atomic mass is 10.1. The summed E-state index contributed by atoms with van der Waals surface area (Å²) in [4.78, 5) is 0. The standard InChI is InChI=1S/C14H22INS/c1-3-9-17-11-14(16-4-2)10-12-5-7-13(15)8-6-12/h5-8,14,16H,3-4,9-11H2,1-2H3. The van der Waals surface area contributed by atoms with Crippen LogP contribution in [0.4, 0.5) is 0 Å². The van der Waals surface area contributed by atoms with E-state index < -0.39 is 0 Å². The molecule has 1 nitrogen and oxygen atoms in total. The number of likely N-dealkylation sites (N-methyl/N-ethyl adjacent to an activating group) is 1. The quantitative estimate of drug-likeness (QED) is 0.554. The van der Waals surface area contributed by atoms with Gasteiger partial charge in [0.2, 0.25) is 0 Å². The molecule has 96 valence electrons. The number of nitrogens with one attached hydrogen (secondary N) is 1. The van der Waals surface area contributed by atoms with Crippen LogP contribution in [0.25, 0.3) is 0 Å². The van der Waals surface area contributed by atoms with E-state index in [1.54, 1.807) is 0 Å². The van der Waals surface area contributed by atoms with Gasteiger partial charge in [0.05, 0.1) is 0 Å². The molecule has 3 heteroatoms. The van der Waals surface area contributed by atoms with Crippen molar-refractivity contribution in [3.05, 3.63) is 33.4 Å². The normalized spacial score (nSPS) is 12.6. The van der Waals surface area contributed by atoms with Crippen LogP contribution < -0.4 is 5.32 Å². The maximum atomic E-state index is 3.58. The van der Waals surface area contributed by atoms with Crippen molar-refractivity contribution in [1.82, 2.24) is 5.32 Å². The van der Waals surface area contributed by atoms with Gasteiger partial charge in [0.1, 0.15) is 0 Å². The van der Waals surface area contributed by atoms with E-state index in [0.717, 1.165) is 13.0 Å². The Morgan fingerprint density at radius 2 is 1.94 bits per heavy atom. The third-order valence-corrected chi connectivity index (χ3v) is 4.61. The van der Waals surface area contributed by atoms with E-state index in [2.05, 4.69) is 77.8 Å². The van der Waals surface area contributed by atoms with E-state index >= 15 is 0 Å². The number of thioether (sulfide) groups is 1. The molecule has 0 saturated carbocycles. The number of rotatable bonds is 8. The summed E-state index contributed by atoms with van der Waals surface area (Å²) in [6.07, 6.45) is 2.41. The molecule has 0 fully saturated rings. The van der Waals surface area contributed by atoms with Gasteiger partial charge in [-0.15, -0.1) is 0 Å². The highest BCUT2D eigenvalue weighted by atomic mass is 127. The first-order valence-corrected chi connectivity index (χ1v) is 8.55. The van der Waals surface area contributed by atoms with Crippen LogP contribution in [0.3, 0.4) is 0 Å². The van der Waals surface area contributed by atoms with Crippen molar-refractivity contribution >= 4 is 34.4 Å². The lowest BCUT2D eigenvalue weighted by Crippen LogP contribution is -2.33. The molecule has 1 N–H and O–H groups in total. The van der Waals surface area contributed by atoms with Crippen molar-refractivity contribution in [3.8, 4) is 0 Å². The summed E-state index contributed by atoms with van der Waals surface area (Å²) in [5, 5.41) is 3.58. The molecular weight excluding hydrogens is 341 g/mol. The highest BCUT2D eigenvalue weighted by molar-refractivity contribution is 14.1. The van der Waals surface area contributed by atoms with Gasteiger partial charge in [-0.1, -0.05) is 26.0 Å².